The second-order valence-corrected chi connectivity index (χ2v) is 5.63. The van der Waals surface area contributed by atoms with Crippen LogP contribution in [-0.4, -0.2) is 48.3 Å². The lowest BCUT2D eigenvalue weighted by Crippen LogP contribution is -2.40. The van der Waals surface area contributed by atoms with Crippen molar-refractivity contribution in [3.05, 3.63) is 0 Å². The third-order valence-electron chi connectivity index (χ3n) is 3.98. The predicted octanol–water partition coefficient (Wildman–Crippen LogP) is 1.22. The van der Waals surface area contributed by atoms with Crippen LogP contribution in [0.2, 0.25) is 0 Å². The predicted molar refractivity (Wildman–Crippen MR) is 66.5 cm³/mol. The first-order chi connectivity index (χ1) is 7.75. The fourth-order valence-electron chi connectivity index (χ4n) is 3.00. The van der Waals surface area contributed by atoms with E-state index in [0.717, 1.165) is 19.4 Å². The molecule has 0 radical (unpaired) electrons. The molecule has 94 valence electrons. The van der Waals surface area contributed by atoms with Gasteiger partial charge in [-0.15, -0.1) is 0 Å². The molecule has 1 unspecified atom stereocenters. The first-order valence-electron chi connectivity index (χ1n) is 6.89. The van der Waals surface area contributed by atoms with E-state index in [4.69, 9.17) is 0 Å². The van der Waals surface area contributed by atoms with Gasteiger partial charge in [0.2, 0.25) is 0 Å². The second kappa shape index (κ2) is 5.99. The molecule has 1 aliphatic heterocycles. The third-order valence-corrected chi connectivity index (χ3v) is 3.98. The van der Waals surface area contributed by atoms with Crippen molar-refractivity contribution >= 4 is 0 Å². The van der Waals surface area contributed by atoms with Crippen LogP contribution in [0.15, 0.2) is 0 Å². The van der Waals surface area contributed by atoms with E-state index in [0.29, 0.717) is 12.0 Å². The molecule has 0 bridgehead atoms. The summed E-state index contributed by atoms with van der Waals surface area (Å²) in [6.07, 6.45) is 5.97. The van der Waals surface area contributed by atoms with E-state index in [1.54, 1.807) is 0 Å². The maximum absolute atomic E-state index is 9.71. The lowest BCUT2D eigenvalue weighted by atomic mass is 10.1. The number of hydrogen-bond donors (Lipinski definition) is 2. The van der Waals surface area contributed by atoms with Gasteiger partial charge in [0.05, 0.1) is 6.10 Å². The van der Waals surface area contributed by atoms with Crippen LogP contribution >= 0.6 is 0 Å². The summed E-state index contributed by atoms with van der Waals surface area (Å²) in [4.78, 5) is 2.57. The summed E-state index contributed by atoms with van der Waals surface area (Å²) in [5.74, 6) is 0.700. The van der Waals surface area contributed by atoms with Gasteiger partial charge in [0.1, 0.15) is 0 Å². The lowest BCUT2D eigenvalue weighted by molar-refractivity contribution is 0.145. The molecule has 2 rings (SSSR count). The van der Waals surface area contributed by atoms with Gasteiger partial charge in [0.25, 0.3) is 0 Å². The lowest BCUT2D eigenvalue weighted by Gasteiger charge is -2.23. The fraction of sp³-hybridized carbons (Fsp3) is 1.00. The summed E-state index contributed by atoms with van der Waals surface area (Å²) in [6, 6.07) is 0.362. The summed E-state index contributed by atoms with van der Waals surface area (Å²) in [7, 11) is 0. The molecule has 3 heteroatoms. The quantitative estimate of drug-likeness (QED) is 0.740. The molecule has 3 atom stereocenters. The minimum Gasteiger partial charge on any atom is -0.392 e. The Morgan fingerprint density at radius 3 is 2.62 bits per heavy atom. The second-order valence-electron chi connectivity index (χ2n) is 5.63. The molecule has 1 saturated carbocycles. The number of aliphatic hydroxyl groups is 1. The molecule has 1 aliphatic carbocycles. The molecule has 0 aromatic carbocycles. The van der Waals surface area contributed by atoms with Gasteiger partial charge in [0, 0.05) is 12.6 Å². The average molecular weight is 226 g/mol. The topological polar surface area (TPSA) is 35.5 Å². The minimum atomic E-state index is -0.0982. The van der Waals surface area contributed by atoms with Gasteiger partial charge >= 0.3 is 0 Å². The summed E-state index contributed by atoms with van der Waals surface area (Å²) >= 11 is 0. The van der Waals surface area contributed by atoms with Crippen LogP contribution < -0.4 is 5.32 Å². The van der Waals surface area contributed by atoms with Crippen molar-refractivity contribution in [1.82, 2.24) is 10.2 Å². The summed E-state index contributed by atoms with van der Waals surface area (Å²) < 4.78 is 0. The maximum atomic E-state index is 9.71. The molecule has 1 heterocycles. The van der Waals surface area contributed by atoms with E-state index < -0.39 is 0 Å². The van der Waals surface area contributed by atoms with E-state index in [1.807, 2.05) is 0 Å². The van der Waals surface area contributed by atoms with E-state index >= 15 is 0 Å². The van der Waals surface area contributed by atoms with Gasteiger partial charge in [-0.25, -0.2) is 0 Å². The average Bonchev–Trinajstić information content (AvgIpc) is 2.87. The molecular weight excluding hydrogens is 200 g/mol. The SMILES string of the molecule is CC(CN[C@@H]1CCC[C@H]1O)CN1CCCC1. The first kappa shape index (κ1) is 12.3. The Kier molecular flexibility index (Phi) is 4.62. The number of rotatable bonds is 5. The third kappa shape index (κ3) is 3.44. The molecule has 0 aromatic rings. The Morgan fingerprint density at radius 2 is 2.00 bits per heavy atom. The van der Waals surface area contributed by atoms with Crippen molar-refractivity contribution < 1.29 is 5.11 Å². The largest absolute Gasteiger partial charge is 0.392 e. The zero-order chi connectivity index (χ0) is 11.4. The molecule has 1 saturated heterocycles. The van der Waals surface area contributed by atoms with Crippen molar-refractivity contribution in [3.8, 4) is 0 Å². The van der Waals surface area contributed by atoms with Crippen LogP contribution in [0.25, 0.3) is 0 Å². The molecule has 0 spiro atoms. The van der Waals surface area contributed by atoms with Crippen LogP contribution in [0.1, 0.15) is 39.0 Å². The number of likely N-dealkylation sites (tertiary alicyclic amines) is 1. The van der Waals surface area contributed by atoms with Crippen LogP contribution in [0.5, 0.6) is 0 Å². The van der Waals surface area contributed by atoms with Crippen molar-refractivity contribution in [3.63, 3.8) is 0 Å². The van der Waals surface area contributed by atoms with E-state index in [1.165, 1.54) is 38.9 Å². The summed E-state index contributed by atoms with van der Waals surface area (Å²) in [6.45, 7) is 7.16. The Bertz CT molecular complexity index is 204. The highest BCUT2D eigenvalue weighted by Crippen LogP contribution is 2.19. The fourth-order valence-corrected chi connectivity index (χ4v) is 3.00. The molecule has 3 nitrogen and oxygen atoms in total. The molecule has 0 aromatic heterocycles. The summed E-state index contributed by atoms with van der Waals surface area (Å²) in [5.41, 5.74) is 0. The zero-order valence-corrected chi connectivity index (χ0v) is 10.5. The van der Waals surface area contributed by atoms with Crippen molar-refractivity contribution in [2.75, 3.05) is 26.2 Å². The van der Waals surface area contributed by atoms with Gasteiger partial charge in [-0.05, 0) is 57.7 Å². The number of nitrogens with one attached hydrogen (secondary N) is 1. The highest BCUT2D eigenvalue weighted by atomic mass is 16.3. The summed E-state index contributed by atoms with van der Waals surface area (Å²) in [5, 5.41) is 13.2. The van der Waals surface area contributed by atoms with E-state index in [9.17, 15) is 5.11 Å². The molecule has 16 heavy (non-hydrogen) atoms. The highest BCUT2D eigenvalue weighted by molar-refractivity contribution is 4.83. The van der Waals surface area contributed by atoms with Gasteiger partial charge in [-0.3, -0.25) is 0 Å². The van der Waals surface area contributed by atoms with Crippen LogP contribution in [0.3, 0.4) is 0 Å². The highest BCUT2D eigenvalue weighted by Gasteiger charge is 2.25. The number of hydrogen-bond acceptors (Lipinski definition) is 3. The zero-order valence-electron chi connectivity index (χ0n) is 10.5. The maximum Gasteiger partial charge on any atom is 0.0693 e. The molecule has 2 N–H and O–H groups in total. The molecule has 2 aliphatic rings. The molecule has 2 fully saturated rings. The van der Waals surface area contributed by atoms with Crippen molar-refractivity contribution in [2.45, 2.75) is 51.2 Å². The van der Waals surface area contributed by atoms with Crippen LogP contribution in [0, 0.1) is 5.92 Å². The van der Waals surface area contributed by atoms with Crippen LogP contribution in [-0.2, 0) is 0 Å². The first-order valence-corrected chi connectivity index (χ1v) is 6.89. The molecule has 0 amide bonds. The normalized spacial score (nSPS) is 33.4. The van der Waals surface area contributed by atoms with Gasteiger partial charge < -0.3 is 15.3 Å². The Morgan fingerprint density at radius 1 is 1.25 bits per heavy atom. The van der Waals surface area contributed by atoms with Gasteiger partial charge in [0.15, 0.2) is 0 Å². The van der Waals surface area contributed by atoms with Gasteiger partial charge in [-0.2, -0.15) is 0 Å². The van der Waals surface area contributed by atoms with E-state index in [-0.39, 0.29) is 6.10 Å². The number of aliphatic hydroxyl groups excluding tert-OH is 1. The monoisotopic (exact) mass is 226 g/mol. The Labute approximate surface area is 99.2 Å². The Hall–Kier alpha value is -0.120. The van der Waals surface area contributed by atoms with Gasteiger partial charge in [-0.1, -0.05) is 6.92 Å². The Balaban J connectivity index is 1.61. The smallest absolute Gasteiger partial charge is 0.0693 e. The standard InChI is InChI=1S/C13H26N2O/c1-11(10-15-7-2-3-8-15)9-14-12-5-4-6-13(12)16/h11-14,16H,2-10H2,1H3/t11?,12-,13-/m1/s1. The number of nitrogens with zero attached hydrogens (tertiary/aromatic N) is 1. The van der Waals surface area contributed by atoms with Crippen molar-refractivity contribution in [2.24, 2.45) is 5.92 Å². The van der Waals surface area contributed by atoms with Crippen LogP contribution in [0.4, 0.5) is 0 Å². The minimum absolute atomic E-state index is 0.0982. The molecular formula is C13H26N2O. The van der Waals surface area contributed by atoms with E-state index in [2.05, 4.69) is 17.1 Å². The van der Waals surface area contributed by atoms with Crippen molar-refractivity contribution in [1.29, 1.82) is 0 Å².